The van der Waals surface area contributed by atoms with Crippen molar-refractivity contribution in [1.82, 2.24) is 0 Å². The molecule has 0 saturated heterocycles. The van der Waals surface area contributed by atoms with Crippen LogP contribution in [0, 0.1) is 5.41 Å². The number of ketones is 1. The molecule has 0 amide bonds. The number of allylic oxidation sites excluding steroid dienone is 4. The van der Waals surface area contributed by atoms with Gasteiger partial charge in [-0.1, -0.05) is 26.0 Å². The molecule has 0 aromatic carbocycles. The van der Waals surface area contributed by atoms with Crippen LogP contribution in [0.4, 0.5) is 0 Å². The van der Waals surface area contributed by atoms with E-state index in [1.165, 1.54) is 18.4 Å². The molecule has 0 radical (unpaired) electrons. The minimum Gasteiger partial charge on any atom is -0.295 e. The van der Waals surface area contributed by atoms with Gasteiger partial charge in [0.05, 0.1) is 0 Å². The standard InChI is InChI=1S/C12H18O/c1-10(13)7-8-11-6-4-5-9-12(11,2)3/h6-8H,4-5,9H2,1-3H3. The Morgan fingerprint density at radius 1 is 1.54 bits per heavy atom. The van der Waals surface area contributed by atoms with Gasteiger partial charge in [-0.3, -0.25) is 4.79 Å². The van der Waals surface area contributed by atoms with Crippen LogP contribution >= 0.6 is 0 Å². The quantitative estimate of drug-likeness (QED) is 0.593. The fourth-order valence-electron chi connectivity index (χ4n) is 1.72. The van der Waals surface area contributed by atoms with E-state index in [0.717, 1.165) is 6.42 Å². The molecule has 0 unspecified atom stereocenters. The number of carbonyl (C=O) groups excluding carboxylic acids is 1. The summed E-state index contributed by atoms with van der Waals surface area (Å²) in [5.41, 5.74) is 1.57. The van der Waals surface area contributed by atoms with Crippen LogP contribution in [0.15, 0.2) is 23.8 Å². The summed E-state index contributed by atoms with van der Waals surface area (Å²) in [6.45, 7) is 6.07. The number of rotatable bonds is 2. The highest BCUT2D eigenvalue weighted by Gasteiger charge is 2.23. The fraction of sp³-hybridized carbons (Fsp3) is 0.583. The van der Waals surface area contributed by atoms with Crippen LogP contribution in [-0.2, 0) is 4.79 Å². The molecule has 1 heteroatoms. The van der Waals surface area contributed by atoms with Gasteiger partial charge in [-0.2, -0.15) is 0 Å². The zero-order valence-electron chi connectivity index (χ0n) is 8.76. The van der Waals surface area contributed by atoms with Crippen LogP contribution in [0.1, 0.15) is 40.0 Å². The first-order chi connectivity index (χ1) is 6.02. The van der Waals surface area contributed by atoms with Gasteiger partial charge in [0.25, 0.3) is 0 Å². The largest absolute Gasteiger partial charge is 0.295 e. The minimum atomic E-state index is 0.127. The monoisotopic (exact) mass is 178 g/mol. The van der Waals surface area contributed by atoms with Crippen molar-refractivity contribution in [2.24, 2.45) is 5.41 Å². The predicted octanol–water partition coefficient (Wildman–Crippen LogP) is 3.27. The lowest BCUT2D eigenvalue weighted by Crippen LogP contribution is -2.16. The van der Waals surface area contributed by atoms with Crippen LogP contribution < -0.4 is 0 Å². The van der Waals surface area contributed by atoms with Crippen molar-refractivity contribution in [2.45, 2.75) is 40.0 Å². The van der Waals surface area contributed by atoms with Crippen LogP contribution in [0.2, 0.25) is 0 Å². The average molecular weight is 178 g/mol. The topological polar surface area (TPSA) is 17.1 Å². The van der Waals surface area contributed by atoms with Gasteiger partial charge in [-0.25, -0.2) is 0 Å². The van der Waals surface area contributed by atoms with Gasteiger partial charge in [-0.05, 0) is 43.3 Å². The molecule has 1 aliphatic rings. The van der Waals surface area contributed by atoms with Gasteiger partial charge in [0, 0.05) is 0 Å². The van der Waals surface area contributed by atoms with Crippen LogP contribution in [0.3, 0.4) is 0 Å². The number of hydrogen-bond acceptors (Lipinski definition) is 1. The maximum absolute atomic E-state index is 10.8. The van der Waals surface area contributed by atoms with E-state index >= 15 is 0 Å². The molecule has 1 rings (SSSR count). The van der Waals surface area contributed by atoms with E-state index < -0.39 is 0 Å². The highest BCUT2D eigenvalue weighted by molar-refractivity contribution is 5.87. The van der Waals surface area contributed by atoms with E-state index in [-0.39, 0.29) is 11.2 Å². The maximum Gasteiger partial charge on any atom is 0.152 e. The summed E-state index contributed by atoms with van der Waals surface area (Å²) in [6.07, 6.45) is 9.54. The third-order valence-corrected chi connectivity index (χ3v) is 2.65. The van der Waals surface area contributed by atoms with Crippen molar-refractivity contribution >= 4 is 5.78 Å². The van der Waals surface area contributed by atoms with Crippen molar-refractivity contribution in [1.29, 1.82) is 0 Å². The average Bonchev–Trinajstić information content (AvgIpc) is 2.01. The van der Waals surface area contributed by atoms with E-state index in [1.54, 1.807) is 13.0 Å². The van der Waals surface area contributed by atoms with Crippen molar-refractivity contribution in [3.8, 4) is 0 Å². The Hall–Kier alpha value is -0.850. The SMILES string of the molecule is CC(=O)C=CC1=CCCCC1(C)C. The summed E-state index contributed by atoms with van der Waals surface area (Å²) in [6, 6.07) is 0. The summed E-state index contributed by atoms with van der Waals surface area (Å²) in [4.78, 5) is 10.8. The molecule has 0 aliphatic heterocycles. The second kappa shape index (κ2) is 3.91. The summed E-state index contributed by atoms with van der Waals surface area (Å²) in [5.74, 6) is 0.127. The third kappa shape index (κ3) is 2.83. The van der Waals surface area contributed by atoms with Crippen molar-refractivity contribution in [2.75, 3.05) is 0 Å². The summed E-state index contributed by atoms with van der Waals surface area (Å²) in [5, 5.41) is 0. The van der Waals surface area contributed by atoms with Crippen LogP contribution in [-0.4, -0.2) is 5.78 Å². The molecule has 1 nitrogen and oxygen atoms in total. The van der Waals surface area contributed by atoms with Crippen molar-refractivity contribution < 1.29 is 4.79 Å². The van der Waals surface area contributed by atoms with Gasteiger partial charge < -0.3 is 0 Å². The Morgan fingerprint density at radius 2 is 2.23 bits per heavy atom. The van der Waals surface area contributed by atoms with E-state index in [9.17, 15) is 4.79 Å². The van der Waals surface area contributed by atoms with E-state index in [0.29, 0.717) is 0 Å². The maximum atomic E-state index is 10.8. The second-order valence-electron chi connectivity index (χ2n) is 4.38. The first kappa shape index (κ1) is 10.2. The molecule has 13 heavy (non-hydrogen) atoms. The van der Waals surface area contributed by atoms with Crippen molar-refractivity contribution in [3.63, 3.8) is 0 Å². The molecule has 0 fully saturated rings. The fourth-order valence-corrected chi connectivity index (χ4v) is 1.72. The van der Waals surface area contributed by atoms with Gasteiger partial charge in [0.15, 0.2) is 5.78 Å². The summed E-state index contributed by atoms with van der Waals surface area (Å²) in [7, 11) is 0. The normalized spacial score (nSPS) is 21.6. The predicted molar refractivity (Wildman–Crippen MR) is 55.5 cm³/mol. The third-order valence-electron chi connectivity index (χ3n) is 2.65. The molecule has 1 aliphatic carbocycles. The summed E-state index contributed by atoms with van der Waals surface area (Å²) < 4.78 is 0. The van der Waals surface area contributed by atoms with E-state index in [2.05, 4.69) is 19.9 Å². The molecule has 72 valence electrons. The highest BCUT2D eigenvalue weighted by atomic mass is 16.1. The Labute approximate surface area is 80.5 Å². The number of hydrogen-bond donors (Lipinski definition) is 0. The Balaban J connectivity index is 2.77. The Bertz CT molecular complexity index is 256. The zero-order valence-corrected chi connectivity index (χ0v) is 8.76. The van der Waals surface area contributed by atoms with Crippen LogP contribution in [0.5, 0.6) is 0 Å². The number of carbonyl (C=O) groups is 1. The Morgan fingerprint density at radius 3 is 2.77 bits per heavy atom. The molecule has 0 bridgehead atoms. The lowest BCUT2D eigenvalue weighted by atomic mass is 9.75. The van der Waals surface area contributed by atoms with E-state index in [1.807, 2.05) is 6.08 Å². The highest BCUT2D eigenvalue weighted by Crippen LogP contribution is 2.37. The Kier molecular flexibility index (Phi) is 3.07. The molecule has 0 heterocycles. The molecule has 0 atom stereocenters. The lowest BCUT2D eigenvalue weighted by Gasteiger charge is -2.29. The first-order valence-corrected chi connectivity index (χ1v) is 4.92. The zero-order chi connectivity index (χ0) is 9.90. The smallest absolute Gasteiger partial charge is 0.152 e. The summed E-state index contributed by atoms with van der Waals surface area (Å²) >= 11 is 0. The molecule has 0 aromatic rings. The van der Waals surface area contributed by atoms with Crippen molar-refractivity contribution in [3.05, 3.63) is 23.8 Å². The van der Waals surface area contributed by atoms with Crippen LogP contribution in [0.25, 0.3) is 0 Å². The second-order valence-corrected chi connectivity index (χ2v) is 4.38. The lowest BCUT2D eigenvalue weighted by molar-refractivity contribution is -0.112. The molecule has 0 saturated carbocycles. The van der Waals surface area contributed by atoms with E-state index in [4.69, 9.17) is 0 Å². The molecular weight excluding hydrogens is 160 g/mol. The minimum absolute atomic E-state index is 0.127. The first-order valence-electron chi connectivity index (χ1n) is 4.92. The van der Waals surface area contributed by atoms with Gasteiger partial charge in [-0.15, -0.1) is 0 Å². The van der Waals surface area contributed by atoms with Gasteiger partial charge >= 0.3 is 0 Å². The molecule has 0 aromatic heterocycles. The molecular formula is C12H18O. The molecule has 0 spiro atoms. The molecule has 0 N–H and O–H groups in total. The van der Waals surface area contributed by atoms with Gasteiger partial charge in [0.2, 0.25) is 0 Å². The van der Waals surface area contributed by atoms with Gasteiger partial charge in [0.1, 0.15) is 0 Å².